The van der Waals surface area contributed by atoms with E-state index in [9.17, 15) is 18.0 Å². The van der Waals surface area contributed by atoms with Crippen LogP contribution in [-0.4, -0.2) is 16.8 Å². The van der Waals surface area contributed by atoms with Gasteiger partial charge in [0.05, 0.1) is 5.54 Å². The molecule has 1 aromatic rings. The lowest BCUT2D eigenvalue weighted by molar-refractivity contribution is 0.0847. The monoisotopic (exact) mass is 321 g/mol. The molecule has 1 aromatic carbocycles. The fraction of sp³-hybridized carbons (Fsp3) is 0.417. The van der Waals surface area contributed by atoms with Crippen molar-refractivity contribution < 1.29 is 18.0 Å². The quantitative estimate of drug-likeness (QED) is 0.851. The van der Waals surface area contributed by atoms with Gasteiger partial charge in [0, 0.05) is 17.5 Å². The molecular formula is C12H11BrF3NO. The maximum absolute atomic E-state index is 13.4. The van der Waals surface area contributed by atoms with Crippen molar-refractivity contribution in [3.05, 3.63) is 35.1 Å². The number of hydrogen-bond acceptors (Lipinski definition) is 1. The van der Waals surface area contributed by atoms with E-state index in [0.29, 0.717) is 17.5 Å². The first-order chi connectivity index (χ1) is 8.47. The van der Waals surface area contributed by atoms with E-state index in [1.807, 2.05) is 0 Å². The van der Waals surface area contributed by atoms with Crippen LogP contribution < -0.4 is 5.32 Å². The summed E-state index contributed by atoms with van der Waals surface area (Å²) in [5.74, 6) is -4.26. The van der Waals surface area contributed by atoms with E-state index in [-0.39, 0.29) is 0 Å². The summed E-state index contributed by atoms with van der Waals surface area (Å²) in [4.78, 5) is 11.8. The lowest BCUT2D eigenvalue weighted by Crippen LogP contribution is -2.55. The van der Waals surface area contributed by atoms with E-state index in [1.165, 1.54) is 0 Å². The maximum atomic E-state index is 13.4. The zero-order valence-electron chi connectivity index (χ0n) is 9.40. The Morgan fingerprint density at radius 3 is 2.22 bits per heavy atom. The molecule has 0 aliphatic heterocycles. The minimum absolute atomic E-state index is 0.440. The summed E-state index contributed by atoms with van der Waals surface area (Å²) in [6, 6.07) is 0.999. The van der Waals surface area contributed by atoms with Crippen molar-refractivity contribution >= 4 is 21.8 Å². The second-order valence-corrected chi connectivity index (χ2v) is 5.03. The molecule has 1 aliphatic rings. The molecule has 2 rings (SSSR count). The van der Waals surface area contributed by atoms with Crippen molar-refractivity contribution in [1.29, 1.82) is 0 Å². The molecule has 0 radical (unpaired) electrons. The van der Waals surface area contributed by atoms with E-state index in [0.717, 1.165) is 19.3 Å². The van der Waals surface area contributed by atoms with Crippen LogP contribution in [0.2, 0.25) is 0 Å². The van der Waals surface area contributed by atoms with E-state index in [4.69, 9.17) is 0 Å². The van der Waals surface area contributed by atoms with Crippen molar-refractivity contribution in [2.24, 2.45) is 0 Å². The standard InChI is InChI=1S/C12H11BrF3NO/c13-6-12(2-1-3-12)17-11(18)10-8(15)4-7(14)5-9(10)16/h4-5H,1-3,6H2,(H,17,18). The Kier molecular flexibility index (Phi) is 3.66. The van der Waals surface area contributed by atoms with Crippen LogP contribution in [0.5, 0.6) is 0 Å². The van der Waals surface area contributed by atoms with Gasteiger partial charge in [-0.15, -0.1) is 0 Å². The van der Waals surface area contributed by atoms with E-state index in [1.54, 1.807) is 0 Å². The highest BCUT2D eigenvalue weighted by molar-refractivity contribution is 9.09. The number of nitrogens with one attached hydrogen (secondary N) is 1. The van der Waals surface area contributed by atoms with Crippen molar-refractivity contribution in [3.63, 3.8) is 0 Å². The van der Waals surface area contributed by atoms with Crippen LogP contribution in [-0.2, 0) is 0 Å². The van der Waals surface area contributed by atoms with Crippen LogP contribution in [0.15, 0.2) is 12.1 Å². The van der Waals surface area contributed by atoms with Gasteiger partial charge in [0.25, 0.3) is 5.91 Å². The van der Waals surface area contributed by atoms with Crippen LogP contribution in [0.1, 0.15) is 29.6 Å². The summed E-state index contributed by atoms with van der Waals surface area (Å²) >= 11 is 3.27. The summed E-state index contributed by atoms with van der Waals surface area (Å²) < 4.78 is 39.6. The summed E-state index contributed by atoms with van der Waals surface area (Å²) in [6.07, 6.45) is 2.48. The third-order valence-electron chi connectivity index (χ3n) is 3.18. The van der Waals surface area contributed by atoms with Gasteiger partial charge in [-0.1, -0.05) is 15.9 Å². The Morgan fingerprint density at radius 1 is 1.28 bits per heavy atom. The maximum Gasteiger partial charge on any atom is 0.257 e. The Labute approximate surface area is 111 Å². The Morgan fingerprint density at radius 2 is 1.83 bits per heavy atom. The zero-order chi connectivity index (χ0) is 13.3. The molecule has 0 bridgehead atoms. The second-order valence-electron chi connectivity index (χ2n) is 4.47. The highest BCUT2D eigenvalue weighted by atomic mass is 79.9. The number of carbonyl (C=O) groups excluding carboxylic acids is 1. The Balaban J connectivity index is 2.24. The molecule has 0 heterocycles. The molecule has 0 atom stereocenters. The van der Waals surface area contributed by atoms with Crippen molar-refractivity contribution in [2.75, 3.05) is 5.33 Å². The van der Waals surface area contributed by atoms with Crippen LogP contribution in [0.25, 0.3) is 0 Å². The summed E-state index contributed by atoms with van der Waals surface area (Å²) in [6.45, 7) is 0. The molecule has 0 unspecified atom stereocenters. The van der Waals surface area contributed by atoms with Crippen LogP contribution in [0.3, 0.4) is 0 Å². The molecular weight excluding hydrogens is 311 g/mol. The van der Waals surface area contributed by atoms with E-state index < -0.39 is 34.5 Å². The molecule has 6 heteroatoms. The predicted octanol–water partition coefficient (Wildman–Crippen LogP) is 3.15. The molecule has 0 saturated heterocycles. The predicted molar refractivity (Wildman–Crippen MR) is 64.2 cm³/mol. The minimum Gasteiger partial charge on any atom is -0.346 e. The summed E-state index contributed by atoms with van der Waals surface area (Å²) in [5.41, 5.74) is -1.17. The fourth-order valence-corrected chi connectivity index (χ4v) is 2.66. The minimum atomic E-state index is -1.19. The fourth-order valence-electron chi connectivity index (χ4n) is 1.96. The lowest BCUT2D eigenvalue weighted by atomic mass is 9.78. The van der Waals surface area contributed by atoms with Crippen LogP contribution in [0, 0.1) is 17.5 Å². The molecule has 0 aromatic heterocycles. The summed E-state index contributed by atoms with van der Waals surface area (Å²) in [5, 5.41) is 3.13. The van der Waals surface area contributed by atoms with Gasteiger partial charge in [-0.05, 0) is 19.3 Å². The van der Waals surface area contributed by atoms with Gasteiger partial charge in [-0.25, -0.2) is 13.2 Å². The molecule has 98 valence electrons. The third-order valence-corrected chi connectivity index (χ3v) is 4.25. The topological polar surface area (TPSA) is 29.1 Å². The van der Waals surface area contributed by atoms with Gasteiger partial charge in [0.2, 0.25) is 0 Å². The smallest absolute Gasteiger partial charge is 0.257 e. The van der Waals surface area contributed by atoms with Gasteiger partial charge in [0.15, 0.2) is 0 Å². The Hall–Kier alpha value is -1.04. The molecule has 1 fully saturated rings. The highest BCUT2D eigenvalue weighted by Gasteiger charge is 2.38. The van der Waals surface area contributed by atoms with Crippen molar-refractivity contribution in [3.8, 4) is 0 Å². The molecule has 0 spiro atoms. The van der Waals surface area contributed by atoms with Gasteiger partial charge < -0.3 is 5.32 Å². The van der Waals surface area contributed by atoms with Gasteiger partial charge >= 0.3 is 0 Å². The van der Waals surface area contributed by atoms with Gasteiger partial charge in [-0.3, -0.25) is 4.79 Å². The number of benzene rings is 1. The number of rotatable bonds is 3. The molecule has 1 saturated carbocycles. The second kappa shape index (κ2) is 4.91. The zero-order valence-corrected chi connectivity index (χ0v) is 11.0. The normalized spacial score (nSPS) is 17.1. The first-order valence-electron chi connectivity index (χ1n) is 5.50. The molecule has 1 N–H and O–H groups in total. The number of alkyl halides is 1. The third kappa shape index (κ3) is 2.39. The lowest BCUT2D eigenvalue weighted by Gasteiger charge is -2.41. The van der Waals surface area contributed by atoms with E-state index >= 15 is 0 Å². The number of carbonyl (C=O) groups is 1. The highest BCUT2D eigenvalue weighted by Crippen LogP contribution is 2.33. The van der Waals surface area contributed by atoms with Crippen molar-refractivity contribution in [2.45, 2.75) is 24.8 Å². The first kappa shape index (κ1) is 13.4. The van der Waals surface area contributed by atoms with Crippen LogP contribution >= 0.6 is 15.9 Å². The first-order valence-corrected chi connectivity index (χ1v) is 6.63. The van der Waals surface area contributed by atoms with Gasteiger partial charge in [-0.2, -0.15) is 0 Å². The molecule has 1 aliphatic carbocycles. The number of halogens is 4. The number of hydrogen-bond donors (Lipinski definition) is 1. The summed E-state index contributed by atoms with van der Waals surface area (Å²) in [7, 11) is 0. The average Bonchev–Trinajstić information content (AvgIpc) is 2.21. The van der Waals surface area contributed by atoms with Gasteiger partial charge in [0.1, 0.15) is 23.0 Å². The number of amides is 1. The largest absolute Gasteiger partial charge is 0.346 e. The molecule has 1 amide bonds. The SMILES string of the molecule is O=C(NC1(CBr)CCC1)c1c(F)cc(F)cc1F. The average molecular weight is 322 g/mol. The molecule has 18 heavy (non-hydrogen) atoms. The Bertz CT molecular complexity index is 460. The van der Waals surface area contributed by atoms with Crippen molar-refractivity contribution in [1.82, 2.24) is 5.32 Å². The van der Waals surface area contributed by atoms with Crippen LogP contribution in [0.4, 0.5) is 13.2 Å². The van der Waals surface area contributed by atoms with E-state index in [2.05, 4.69) is 21.2 Å². The molecule has 2 nitrogen and oxygen atoms in total.